The number of nitrogens with zero attached hydrogens (tertiary/aromatic N) is 3. The van der Waals surface area contributed by atoms with Gasteiger partial charge in [0, 0.05) is 11.9 Å². The van der Waals surface area contributed by atoms with Gasteiger partial charge in [-0.1, -0.05) is 30.3 Å². The summed E-state index contributed by atoms with van der Waals surface area (Å²) in [5.74, 6) is 0.217. The van der Waals surface area contributed by atoms with Crippen LogP contribution in [0.3, 0.4) is 0 Å². The zero-order valence-electron chi connectivity index (χ0n) is 16.6. The fourth-order valence-corrected chi connectivity index (χ4v) is 3.30. The molecule has 0 aliphatic heterocycles. The van der Waals surface area contributed by atoms with Crippen molar-refractivity contribution < 1.29 is 14.6 Å². The maximum Gasteiger partial charge on any atom is 0.240 e. The van der Waals surface area contributed by atoms with Crippen LogP contribution in [0.1, 0.15) is 38.1 Å². The number of ether oxygens (including phenoxy) is 1. The molecular formula is C21H26N4O3. The van der Waals surface area contributed by atoms with Crippen molar-refractivity contribution in [1.29, 1.82) is 0 Å². The van der Waals surface area contributed by atoms with Gasteiger partial charge in [-0.3, -0.25) is 9.48 Å². The van der Waals surface area contributed by atoms with E-state index in [2.05, 4.69) is 15.4 Å². The van der Waals surface area contributed by atoms with Crippen LogP contribution in [0.4, 0.5) is 0 Å². The van der Waals surface area contributed by atoms with Gasteiger partial charge in [0.05, 0.1) is 37.1 Å². The molecule has 1 atom stereocenters. The Morgan fingerprint density at radius 3 is 2.64 bits per heavy atom. The van der Waals surface area contributed by atoms with Crippen molar-refractivity contribution in [3.05, 3.63) is 53.9 Å². The van der Waals surface area contributed by atoms with E-state index in [4.69, 9.17) is 4.74 Å². The smallest absolute Gasteiger partial charge is 0.240 e. The van der Waals surface area contributed by atoms with Gasteiger partial charge in [-0.05, 0) is 32.4 Å². The van der Waals surface area contributed by atoms with Crippen LogP contribution in [-0.4, -0.2) is 38.5 Å². The first kappa shape index (κ1) is 19.8. The Morgan fingerprint density at radius 1 is 1.32 bits per heavy atom. The molecule has 1 amide bonds. The number of aromatic nitrogens is 3. The van der Waals surface area contributed by atoms with Gasteiger partial charge in [0.2, 0.25) is 11.8 Å². The lowest BCUT2D eigenvalue weighted by Crippen LogP contribution is -2.42. The number of hydrogen-bond acceptors (Lipinski definition) is 5. The molecule has 3 rings (SSSR count). The van der Waals surface area contributed by atoms with Crippen molar-refractivity contribution in [2.45, 2.75) is 45.4 Å². The third-order valence-electron chi connectivity index (χ3n) is 4.62. The van der Waals surface area contributed by atoms with Crippen LogP contribution in [0.5, 0.6) is 5.88 Å². The summed E-state index contributed by atoms with van der Waals surface area (Å²) in [5.41, 5.74) is 1.12. The zero-order valence-corrected chi connectivity index (χ0v) is 16.6. The molecule has 2 aromatic heterocycles. The molecule has 0 aliphatic rings. The molecule has 3 aromatic rings. The van der Waals surface area contributed by atoms with Crippen molar-refractivity contribution in [2.24, 2.45) is 0 Å². The van der Waals surface area contributed by atoms with Crippen LogP contribution in [-0.2, 0) is 17.8 Å². The maximum absolute atomic E-state index is 12.7. The fraction of sp³-hybridized carbons (Fsp3) is 0.381. The predicted molar refractivity (Wildman–Crippen MR) is 107 cm³/mol. The number of fused-ring (bicyclic) bond motifs is 1. The molecule has 0 radical (unpaired) electrons. The molecule has 1 aromatic carbocycles. The largest absolute Gasteiger partial charge is 0.479 e. The van der Waals surface area contributed by atoms with Gasteiger partial charge >= 0.3 is 0 Å². The molecule has 7 nitrogen and oxygen atoms in total. The number of carbonyl (C=O) groups excluding carboxylic acids is 1. The molecule has 7 heteroatoms. The van der Waals surface area contributed by atoms with E-state index < -0.39 is 11.6 Å². The fourth-order valence-electron chi connectivity index (χ4n) is 3.30. The van der Waals surface area contributed by atoms with Crippen molar-refractivity contribution in [3.8, 4) is 5.88 Å². The molecule has 2 N–H and O–H groups in total. The highest BCUT2D eigenvalue weighted by atomic mass is 16.5. The van der Waals surface area contributed by atoms with E-state index in [1.54, 1.807) is 27.2 Å². The van der Waals surface area contributed by atoms with Gasteiger partial charge in [-0.15, -0.1) is 0 Å². The van der Waals surface area contributed by atoms with Crippen LogP contribution >= 0.6 is 0 Å². The summed E-state index contributed by atoms with van der Waals surface area (Å²) in [4.78, 5) is 17.2. The van der Waals surface area contributed by atoms with Gasteiger partial charge < -0.3 is 15.2 Å². The molecule has 0 unspecified atom stereocenters. The van der Waals surface area contributed by atoms with Crippen molar-refractivity contribution >= 4 is 16.8 Å². The third-order valence-corrected chi connectivity index (χ3v) is 4.62. The Bertz CT molecular complexity index is 961. The first-order valence-electron chi connectivity index (χ1n) is 9.29. The lowest BCUT2D eigenvalue weighted by atomic mass is 9.91. The predicted octanol–water partition coefficient (Wildman–Crippen LogP) is 2.63. The summed E-state index contributed by atoms with van der Waals surface area (Å²) in [6.45, 7) is 6.05. The third kappa shape index (κ3) is 4.14. The van der Waals surface area contributed by atoms with Crippen molar-refractivity contribution in [2.75, 3.05) is 7.11 Å². The van der Waals surface area contributed by atoms with Gasteiger partial charge in [-0.2, -0.15) is 5.10 Å². The second-order valence-corrected chi connectivity index (χ2v) is 7.26. The summed E-state index contributed by atoms with van der Waals surface area (Å²) in [7, 11) is 1.55. The molecule has 0 bridgehead atoms. The van der Waals surface area contributed by atoms with Gasteiger partial charge in [-0.25, -0.2) is 4.98 Å². The standard InChI is InChI=1S/C21H26N4O3/c1-5-25-18-15(13-22-25)11-16(23-20(18)28-4)12-17(26)24-19(21(2,3)27)14-9-7-6-8-10-14/h6-11,13,19,27H,5,12H2,1-4H3,(H,24,26)/t19-/m0/s1. The monoisotopic (exact) mass is 382 g/mol. The number of methoxy groups -OCH3 is 1. The zero-order chi connectivity index (χ0) is 20.3. The number of amides is 1. The number of pyridine rings is 1. The topological polar surface area (TPSA) is 89.3 Å². The van der Waals surface area contributed by atoms with E-state index >= 15 is 0 Å². The number of carbonyl (C=O) groups is 1. The molecule has 0 fully saturated rings. The Kier molecular flexibility index (Phi) is 5.65. The molecular weight excluding hydrogens is 356 g/mol. The Labute approximate surface area is 164 Å². The van der Waals surface area contributed by atoms with Crippen molar-refractivity contribution in [1.82, 2.24) is 20.1 Å². The summed E-state index contributed by atoms with van der Waals surface area (Å²) in [6, 6.07) is 10.7. The number of nitrogens with one attached hydrogen (secondary N) is 1. The highest BCUT2D eigenvalue weighted by molar-refractivity contribution is 5.85. The summed E-state index contributed by atoms with van der Waals surface area (Å²) in [6.07, 6.45) is 1.82. The van der Waals surface area contributed by atoms with Gasteiger partial charge in [0.15, 0.2) is 0 Å². The molecule has 28 heavy (non-hydrogen) atoms. The average Bonchev–Trinajstić information content (AvgIpc) is 3.08. The average molecular weight is 382 g/mol. The minimum atomic E-state index is -1.12. The molecule has 0 spiro atoms. The van der Waals surface area contributed by atoms with E-state index in [1.807, 2.05) is 48.0 Å². The maximum atomic E-state index is 12.7. The van der Waals surface area contributed by atoms with E-state index in [0.29, 0.717) is 18.1 Å². The second kappa shape index (κ2) is 7.98. The van der Waals surface area contributed by atoms with Crippen LogP contribution in [0.15, 0.2) is 42.6 Å². The van der Waals surface area contributed by atoms with E-state index in [1.165, 1.54) is 0 Å². The van der Waals surface area contributed by atoms with E-state index in [-0.39, 0.29) is 12.3 Å². The van der Waals surface area contributed by atoms with Crippen LogP contribution in [0.25, 0.3) is 10.9 Å². The second-order valence-electron chi connectivity index (χ2n) is 7.26. The minimum Gasteiger partial charge on any atom is -0.479 e. The van der Waals surface area contributed by atoms with Crippen molar-refractivity contribution in [3.63, 3.8) is 0 Å². The lowest BCUT2D eigenvalue weighted by Gasteiger charge is -2.30. The van der Waals surface area contributed by atoms with Crippen LogP contribution in [0, 0.1) is 0 Å². The highest BCUT2D eigenvalue weighted by Gasteiger charge is 2.30. The number of benzene rings is 1. The van der Waals surface area contributed by atoms with E-state index in [0.717, 1.165) is 16.5 Å². The molecule has 148 valence electrons. The minimum absolute atomic E-state index is 0.0724. The van der Waals surface area contributed by atoms with Crippen LogP contribution in [0.2, 0.25) is 0 Å². The Balaban J connectivity index is 1.84. The molecule has 0 saturated heterocycles. The quantitative estimate of drug-likeness (QED) is 0.656. The first-order chi connectivity index (χ1) is 13.3. The number of hydrogen-bond donors (Lipinski definition) is 2. The number of rotatable bonds is 7. The summed E-state index contributed by atoms with van der Waals surface area (Å²) >= 11 is 0. The summed E-state index contributed by atoms with van der Waals surface area (Å²) in [5, 5.41) is 18.7. The number of aryl methyl sites for hydroxylation is 1. The molecule has 2 heterocycles. The Morgan fingerprint density at radius 2 is 2.04 bits per heavy atom. The molecule has 0 saturated carbocycles. The highest BCUT2D eigenvalue weighted by Crippen LogP contribution is 2.27. The van der Waals surface area contributed by atoms with Crippen LogP contribution < -0.4 is 10.1 Å². The SMILES string of the molecule is CCn1ncc2cc(CC(=O)N[C@@H](c3ccccc3)C(C)(C)O)nc(OC)c21. The van der Waals surface area contributed by atoms with E-state index in [9.17, 15) is 9.90 Å². The lowest BCUT2D eigenvalue weighted by molar-refractivity contribution is -0.123. The first-order valence-corrected chi connectivity index (χ1v) is 9.29. The normalized spacial score (nSPS) is 12.8. The molecule has 0 aliphatic carbocycles. The van der Waals surface area contributed by atoms with Gasteiger partial charge in [0.25, 0.3) is 0 Å². The number of aliphatic hydroxyl groups is 1. The Hall–Kier alpha value is -2.93. The summed E-state index contributed by atoms with van der Waals surface area (Å²) < 4.78 is 7.22. The van der Waals surface area contributed by atoms with Gasteiger partial charge in [0.1, 0.15) is 5.52 Å².